The summed E-state index contributed by atoms with van der Waals surface area (Å²) in [6.45, 7) is 10.9. The molecule has 2 fully saturated rings. The van der Waals surface area contributed by atoms with Crippen LogP contribution in [-0.4, -0.2) is 192 Å². The summed E-state index contributed by atoms with van der Waals surface area (Å²) in [5.74, 6) is -11.6. The number of carbonyl (C=O) groups excluding carboxylic acids is 10. The summed E-state index contributed by atoms with van der Waals surface area (Å²) < 4.78 is 6.18. The number of hydrogen-bond donors (Lipinski definition) is 13. The normalized spacial score (nSPS) is 23.5. The SMILES string of the molecule is Cc1ccc(C[C@@H]2NC(=O)[C@@H](NC(=O)[C@@H](NC(=O)[C@H](C)NC(=O)[C@H](CCCc3ccc(O)cc3)NC(=O)[C@H](O)CO)C(C)C)[C@@H](C)OC(=O)[C@H](C(C)C)NC(=O)[C@H](Cc3ccc(O)c(Br)c3)N(C)C(=O)[C@H]([C@H](C)O)N3C(=O)[C@H](CC[C@H]3O)NC2=O)cc1. The molecule has 2 bridgehead atoms. The van der Waals surface area contributed by atoms with Gasteiger partial charge in [-0.05, 0) is 129 Å². The van der Waals surface area contributed by atoms with E-state index in [0.717, 1.165) is 20.9 Å². The number of nitrogens with zero attached hydrogens (tertiary/aromatic N) is 2. The molecule has 2 saturated heterocycles. The average molecular weight is 1280 g/mol. The van der Waals surface area contributed by atoms with Gasteiger partial charge in [-0.1, -0.05) is 75.7 Å². The molecular formula is C60H82BrN9O17. The summed E-state index contributed by atoms with van der Waals surface area (Å²) in [6.07, 6.45) is -7.06. The summed E-state index contributed by atoms with van der Waals surface area (Å²) in [5, 5.41) is 80.1. The van der Waals surface area contributed by atoms with Crippen LogP contribution in [0, 0.1) is 18.8 Å². The maximum atomic E-state index is 15.0. The fraction of sp³-hybridized carbons (Fsp3) is 0.533. The average Bonchev–Trinajstić information content (AvgIpc) is 2.29. The molecule has 2 aliphatic rings. The molecule has 26 nitrogen and oxygen atoms in total. The minimum atomic E-state index is -1.89. The summed E-state index contributed by atoms with van der Waals surface area (Å²) in [6, 6.07) is 3.44. The monoisotopic (exact) mass is 1280 g/mol. The van der Waals surface area contributed by atoms with E-state index in [-0.39, 0.29) is 48.1 Å². The number of fused-ring (bicyclic) bond motifs is 2. The number of halogens is 1. The fourth-order valence-electron chi connectivity index (χ4n) is 9.99. The number of nitrogens with one attached hydrogen (secondary N) is 7. The number of rotatable bonds is 20. The molecule has 13 atom stereocenters. The minimum Gasteiger partial charge on any atom is -0.508 e. The first kappa shape index (κ1) is 70.0. The van der Waals surface area contributed by atoms with Crippen LogP contribution in [0.4, 0.5) is 0 Å². The largest absolute Gasteiger partial charge is 0.508 e. The highest BCUT2D eigenvalue weighted by molar-refractivity contribution is 9.10. The summed E-state index contributed by atoms with van der Waals surface area (Å²) in [4.78, 5) is 145. The molecule has 0 aliphatic carbocycles. The summed E-state index contributed by atoms with van der Waals surface area (Å²) in [5.41, 5.74) is 2.57. The molecule has 0 unspecified atom stereocenters. The lowest BCUT2D eigenvalue weighted by atomic mass is 9.96. The van der Waals surface area contributed by atoms with Crippen molar-refractivity contribution in [3.8, 4) is 11.5 Å². The first-order valence-electron chi connectivity index (χ1n) is 28.8. The second kappa shape index (κ2) is 31.8. The van der Waals surface area contributed by atoms with Crippen molar-refractivity contribution >= 4 is 75.1 Å². The molecule has 3 aromatic rings. The van der Waals surface area contributed by atoms with E-state index in [1.165, 1.54) is 58.2 Å². The van der Waals surface area contributed by atoms with E-state index in [2.05, 4.69) is 53.1 Å². The fourth-order valence-corrected chi connectivity index (χ4v) is 10.4. The lowest BCUT2D eigenvalue weighted by molar-refractivity contribution is -0.170. The van der Waals surface area contributed by atoms with Gasteiger partial charge < -0.3 is 82.4 Å². The number of aliphatic hydroxyl groups excluding tert-OH is 4. The number of phenols is 2. The summed E-state index contributed by atoms with van der Waals surface area (Å²) in [7, 11) is 1.23. The molecule has 27 heteroatoms. The van der Waals surface area contributed by atoms with Crippen LogP contribution in [0.2, 0.25) is 0 Å². The van der Waals surface area contributed by atoms with Crippen molar-refractivity contribution in [2.75, 3.05) is 13.7 Å². The van der Waals surface area contributed by atoms with Gasteiger partial charge in [-0.2, -0.15) is 0 Å². The molecule has 2 aliphatic heterocycles. The third-order valence-electron chi connectivity index (χ3n) is 15.2. The van der Waals surface area contributed by atoms with Crippen molar-refractivity contribution in [2.24, 2.45) is 11.8 Å². The van der Waals surface area contributed by atoms with E-state index < -0.39 is 156 Å². The van der Waals surface area contributed by atoms with Gasteiger partial charge in [-0.25, -0.2) is 4.79 Å². The Bertz CT molecular complexity index is 2950. The lowest BCUT2D eigenvalue weighted by Gasteiger charge is -2.43. The van der Waals surface area contributed by atoms with Crippen LogP contribution in [-0.2, 0) is 71.9 Å². The standard InChI is InChI=1S/C60H82BrN9O17/c1-29(2)47(66-51(77)32(6)62-52(78)40(63-55(81)45(75)28-71)12-10-11-35-17-20-38(73)21-18-35)56(82)68-49-34(8)87-60(86)48(30(3)4)67-54(80)43(27-37-19-23-44(74)39(61)25-37)69(9)59(85)50(33(7)72)70-46(76)24-22-41(58(70)84)64-53(79)42(65-57(49)83)26-36-15-13-31(5)14-16-36/h13-21,23,25,29-30,32-34,40-43,45-50,71-76H,10-12,22,24,26-28H2,1-9H3,(H,62,78)(H,63,81)(H,64,79)(H,65,83)(H,66,77)(H,67,80)(H,68,82)/t32-,33-,34+,40-,41-,42-,43-,45+,46+,47-,48-,49-,50-/m0/s1. The first-order chi connectivity index (χ1) is 40.9. The number of aromatic hydroxyl groups is 2. The second-order valence-corrected chi connectivity index (χ2v) is 23.7. The molecule has 3 aromatic carbocycles. The van der Waals surface area contributed by atoms with Crippen LogP contribution in [0.5, 0.6) is 11.5 Å². The van der Waals surface area contributed by atoms with Crippen LogP contribution in [0.15, 0.2) is 71.2 Å². The Morgan fingerprint density at radius 3 is 1.97 bits per heavy atom. The lowest BCUT2D eigenvalue weighted by Crippen LogP contribution is -2.67. The van der Waals surface area contributed by atoms with Crippen molar-refractivity contribution in [1.29, 1.82) is 0 Å². The Labute approximate surface area is 513 Å². The van der Waals surface area contributed by atoms with E-state index >= 15 is 0 Å². The Hall–Kier alpha value is -7.72. The molecule has 87 heavy (non-hydrogen) atoms. The topological polar surface area (TPSA) is 392 Å². The van der Waals surface area contributed by atoms with Crippen LogP contribution in [0.1, 0.15) is 96.4 Å². The van der Waals surface area contributed by atoms with Crippen molar-refractivity contribution < 1.29 is 83.3 Å². The Morgan fingerprint density at radius 2 is 1.37 bits per heavy atom. The van der Waals surface area contributed by atoms with Crippen molar-refractivity contribution in [1.82, 2.24) is 47.0 Å². The van der Waals surface area contributed by atoms with Crippen LogP contribution < -0.4 is 37.2 Å². The quantitative estimate of drug-likeness (QED) is 0.0635. The zero-order valence-corrected chi connectivity index (χ0v) is 51.7. The van der Waals surface area contributed by atoms with Gasteiger partial charge in [0.25, 0.3) is 5.91 Å². The van der Waals surface area contributed by atoms with Gasteiger partial charge in [0, 0.05) is 19.9 Å². The van der Waals surface area contributed by atoms with Crippen molar-refractivity contribution in [3.05, 3.63) is 93.5 Å². The van der Waals surface area contributed by atoms with E-state index in [4.69, 9.17) is 4.74 Å². The molecule has 0 radical (unpaired) electrons. The number of amides is 9. The number of esters is 1. The number of hydrogen-bond acceptors (Lipinski definition) is 17. The Balaban J connectivity index is 1.52. The van der Waals surface area contributed by atoms with E-state index in [9.17, 15) is 78.6 Å². The minimum absolute atomic E-state index is 0.00394. The zero-order valence-electron chi connectivity index (χ0n) is 50.1. The number of carbonyl (C=O) groups is 10. The maximum Gasteiger partial charge on any atom is 0.329 e. The number of benzene rings is 3. The highest BCUT2D eigenvalue weighted by Crippen LogP contribution is 2.28. The molecule has 5 rings (SSSR count). The number of cyclic esters (lactones) is 1. The van der Waals surface area contributed by atoms with Gasteiger partial charge >= 0.3 is 5.97 Å². The molecule has 2 heterocycles. The third-order valence-corrected chi connectivity index (χ3v) is 15.9. The van der Waals surface area contributed by atoms with Gasteiger partial charge in [0.05, 0.1) is 17.2 Å². The van der Waals surface area contributed by atoms with Crippen molar-refractivity contribution in [3.63, 3.8) is 0 Å². The predicted octanol–water partition coefficient (Wildman–Crippen LogP) is -0.482. The number of aliphatic hydroxyl groups is 4. The maximum absolute atomic E-state index is 15.0. The zero-order chi connectivity index (χ0) is 64.7. The molecule has 0 saturated carbocycles. The van der Waals surface area contributed by atoms with Gasteiger partial charge in [-0.3, -0.25) is 43.2 Å². The second-order valence-electron chi connectivity index (χ2n) is 22.9. The van der Waals surface area contributed by atoms with Crippen LogP contribution >= 0.6 is 15.9 Å². The van der Waals surface area contributed by atoms with Crippen molar-refractivity contribution in [2.45, 2.75) is 179 Å². The highest BCUT2D eigenvalue weighted by atomic mass is 79.9. The van der Waals surface area contributed by atoms with E-state index in [0.29, 0.717) is 24.0 Å². The number of phenolic OH excluding ortho intramolecular Hbond substituents is 2. The molecular weight excluding hydrogens is 1200 g/mol. The van der Waals surface area contributed by atoms with Gasteiger partial charge in [0.15, 0.2) is 6.10 Å². The Kier molecular flexibility index (Phi) is 25.6. The number of ether oxygens (including phenoxy) is 1. The summed E-state index contributed by atoms with van der Waals surface area (Å²) >= 11 is 3.26. The highest BCUT2D eigenvalue weighted by Gasteiger charge is 2.47. The molecule has 476 valence electrons. The smallest absolute Gasteiger partial charge is 0.329 e. The van der Waals surface area contributed by atoms with Crippen LogP contribution in [0.3, 0.4) is 0 Å². The van der Waals surface area contributed by atoms with Gasteiger partial charge in [-0.15, -0.1) is 0 Å². The molecule has 0 spiro atoms. The third kappa shape index (κ3) is 19.1. The van der Waals surface area contributed by atoms with E-state index in [1.807, 2.05) is 6.92 Å². The van der Waals surface area contributed by atoms with E-state index in [1.54, 1.807) is 64.1 Å². The van der Waals surface area contributed by atoms with Gasteiger partial charge in [0.2, 0.25) is 47.3 Å². The first-order valence-corrected chi connectivity index (χ1v) is 29.6. The molecule has 9 amide bonds. The van der Waals surface area contributed by atoms with Crippen LogP contribution in [0.25, 0.3) is 0 Å². The number of likely N-dealkylation sites (N-methyl/N-ethyl adjacent to an activating group) is 1. The molecule has 13 N–H and O–H groups in total. The molecule has 0 aromatic heterocycles. The Morgan fingerprint density at radius 1 is 0.736 bits per heavy atom. The predicted molar refractivity (Wildman–Crippen MR) is 317 cm³/mol. The number of piperidine rings is 1. The number of aryl methyl sites for hydroxylation is 2. The van der Waals surface area contributed by atoms with Gasteiger partial charge in [0.1, 0.15) is 78.2 Å².